The lowest BCUT2D eigenvalue weighted by atomic mass is 10.0. The van der Waals surface area contributed by atoms with Gasteiger partial charge in [-0.15, -0.1) is 0 Å². The zero-order valence-corrected chi connectivity index (χ0v) is 13.7. The highest BCUT2D eigenvalue weighted by Gasteiger charge is 2.17. The molecule has 2 N–H and O–H groups in total. The number of anilines is 1. The first kappa shape index (κ1) is 17.2. The summed E-state index contributed by atoms with van der Waals surface area (Å²) in [7, 11) is 0. The monoisotopic (exact) mass is 310 g/mol. The summed E-state index contributed by atoms with van der Waals surface area (Å²) in [5, 5.41) is 13.1. The maximum atomic E-state index is 14.4. The summed E-state index contributed by atoms with van der Waals surface area (Å²) < 4.78 is 19.7. The second-order valence-corrected chi connectivity index (χ2v) is 6.25. The number of benzene rings is 1. The minimum atomic E-state index is -0.389. The largest absolute Gasteiger partial charge is 0.392 e. The second-order valence-electron chi connectivity index (χ2n) is 6.25. The molecule has 0 saturated carbocycles. The third-order valence-electron chi connectivity index (χ3n) is 4.23. The van der Waals surface area contributed by atoms with Crippen LogP contribution in [0.2, 0.25) is 0 Å². The average molecular weight is 310 g/mol. The molecule has 2 atom stereocenters. The molecule has 22 heavy (non-hydrogen) atoms. The van der Waals surface area contributed by atoms with Gasteiger partial charge in [-0.3, -0.25) is 0 Å². The molecule has 2 unspecified atom stereocenters. The van der Waals surface area contributed by atoms with Gasteiger partial charge in [0.25, 0.3) is 0 Å². The minimum Gasteiger partial charge on any atom is -0.392 e. The highest BCUT2D eigenvalue weighted by atomic mass is 19.1. The van der Waals surface area contributed by atoms with Crippen LogP contribution in [0.15, 0.2) is 18.2 Å². The lowest BCUT2D eigenvalue weighted by Crippen LogP contribution is -2.36. The molecule has 4 nitrogen and oxygen atoms in total. The highest BCUT2D eigenvalue weighted by Crippen LogP contribution is 2.24. The van der Waals surface area contributed by atoms with Crippen molar-refractivity contribution in [3.05, 3.63) is 29.6 Å². The van der Waals surface area contributed by atoms with Crippen LogP contribution in [0.25, 0.3) is 0 Å². The summed E-state index contributed by atoms with van der Waals surface area (Å²) in [5.41, 5.74) is 1.53. The van der Waals surface area contributed by atoms with E-state index in [4.69, 9.17) is 4.74 Å². The number of aliphatic hydroxyl groups excluding tert-OH is 1. The molecular weight excluding hydrogens is 283 g/mol. The molecule has 124 valence electrons. The molecule has 1 heterocycles. The molecule has 0 aromatic heterocycles. The van der Waals surface area contributed by atoms with E-state index < -0.39 is 0 Å². The molecule has 5 heteroatoms. The first-order valence-corrected chi connectivity index (χ1v) is 8.02. The van der Waals surface area contributed by atoms with Crippen LogP contribution in [0.5, 0.6) is 0 Å². The van der Waals surface area contributed by atoms with E-state index in [2.05, 4.69) is 5.32 Å². The van der Waals surface area contributed by atoms with E-state index in [1.54, 1.807) is 6.07 Å². The number of hydrogen-bond acceptors (Lipinski definition) is 4. The molecule has 1 saturated heterocycles. The van der Waals surface area contributed by atoms with Gasteiger partial charge in [-0.05, 0) is 30.5 Å². The van der Waals surface area contributed by atoms with Crippen LogP contribution in [0.3, 0.4) is 0 Å². The van der Waals surface area contributed by atoms with Crippen molar-refractivity contribution in [3.63, 3.8) is 0 Å². The van der Waals surface area contributed by atoms with Crippen LogP contribution in [0.4, 0.5) is 10.1 Å². The van der Waals surface area contributed by atoms with E-state index in [0.717, 1.165) is 18.7 Å². The van der Waals surface area contributed by atoms with Crippen molar-refractivity contribution in [3.8, 4) is 0 Å². The molecular formula is C17H27FN2O2. The van der Waals surface area contributed by atoms with Crippen molar-refractivity contribution in [2.45, 2.75) is 32.9 Å². The zero-order chi connectivity index (χ0) is 16.1. The number of aliphatic hydroxyl groups is 1. The van der Waals surface area contributed by atoms with Gasteiger partial charge in [0.1, 0.15) is 5.82 Å². The molecule has 1 fully saturated rings. The maximum absolute atomic E-state index is 14.4. The number of ether oxygens (including phenoxy) is 1. The molecule has 0 bridgehead atoms. The number of hydrogen-bond donors (Lipinski definition) is 2. The van der Waals surface area contributed by atoms with Crippen LogP contribution >= 0.6 is 0 Å². The van der Waals surface area contributed by atoms with Gasteiger partial charge in [0.2, 0.25) is 0 Å². The summed E-state index contributed by atoms with van der Waals surface area (Å²) in [6.45, 7) is 9.19. The SMILES string of the molecule is CC(NCC(O)C(C)C)c1ccc(N2CCOCC2)c(F)c1. The predicted octanol–water partition coefficient (Wildman–Crippen LogP) is 2.33. The fourth-order valence-electron chi connectivity index (χ4n) is 2.50. The number of nitrogens with one attached hydrogen (secondary N) is 1. The molecule has 1 aliphatic rings. The lowest BCUT2D eigenvalue weighted by Gasteiger charge is -2.29. The Morgan fingerprint density at radius 1 is 1.27 bits per heavy atom. The van der Waals surface area contributed by atoms with E-state index in [1.807, 2.05) is 37.8 Å². The van der Waals surface area contributed by atoms with E-state index in [-0.39, 0.29) is 23.9 Å². The first-order chi connectivity index (χ1) is 10.5. The van der Waals surface area contributed by atoms with Gasteiger partial charge < -0.3 is 20.1 Å². The van der Waals surface area contributed by atoms with E-state index in [0.29, 0.717) is 25.4 Å². The molecule has 1 aromatic carbocycles. The molecule has 0 radical (unpaired) electrons. The van der Waals surface area contributed by atoms with Crippen molar-refractivity contribution in [1.29, 1.82) is 0 Å². The Kier molecular flexibility index (Phi) is 6.17. The van der Waals surface area contributed by atoms with E-state index in [1.165, 1.54) is 0 Å². The second kappa shape index (κ2) is 7.90. The zero-order valence-electron chi connectivity index (χ0n) is 13.7. The summed E-state index contributed by atoms with van der Waals surface area (Å²) in [5.74, 6) is 0.0117. The smallest absolute Gasteiger partial charge is 0.146 e. The fraction of sp³-hybridized carbons (Fsp3) is 0.647. The predicted molar refractivity (Wildman–Crippen MR) is 86.7 cm³/mol. The number of rotatable bonds is 6. The van der Waals surface area contributed by atoms with Crippen molar-refractivity contribution >= 4 is 5.69 Å². The molecule has 0 spiro atoms. The maximum Gasteiger partial charge on any atom is 0.146 e. The Balaban J connectivity index is 1.98. The Bertz CT molecular complexity index is 476. The summed E-state index contributed by atoms with van der Waals surface area (Å²) in [6.07, 6.45) is -0.389. The lowest BCUT2D eigenvalue weighted by molar-refractivity contribution is 0.120. The third kappa shape index (κ3) is 4.41. The summed E-state index contributed by atoms with van der Waals surface area (Å²) >= 11 is 0. The van der Waals surface area contributed by atoms with Crippen molar-refractivity contribution in [1.82, 2.24) is 5.32 Å². The quantitative estimate of drug-likeness (QED) is 0.846. The van der Waals surface area contributed by atoms with Crippen LogP contribution in [0, 0.1) is 11.7 Å². The highest BCUT2D eigenvalue weighted by molar-refractivity contribution is 5.49. The Hall–Kier alpha value is -1.17. The van der Waals surface area contributed by atoms with Gasteiger partial charge in [-0.1, -0.05) is 19.9 Å². The molecule has 1 aliphatic heterocycles. The van der Waals surface area contributed by atoms with Crippen molar-refractivity contribution in [2.75, 3.05) is 37.7 Å². The Labute approximate surface area is 132 Å². The van der Waals surface area contributed by atoms with Crippen LogP contribution in [-0.4, -0.2) is 44.1 Å². The minimum absolute atomic E-state index is 0.00152. The molecule has 0 amide bonds. The molecule has 2 rings (SSSR count). The van der Waals surface area contributed by atoms with Gasteiger partial charge in [0.05, 0.1) is 25.0 Å². The van der Waals surface area contributed by atoms with Crippen molar-refractivity contribution in [2.24, 2.45) is 5.92 Å². The van der Waals surface area contributed by atoms with Gasteiger partial charge in [0, 0.05) is 25.7 Å². The molecule has 1 aromatic rings. The van der Waals surface area contributed by atoms with E-state index >= 15 is 0 Å². The average Bonchev–Trinajstić information content (AvgIpc) is 2.52. The van der Waals surface area contributed by atoms with E-state index in [9.17, 15) is 9.50 Å². The Morgan fingerprint density at radius 3 is 2.55 bits per heavy atom. The van der Waals surface area contributed by atoms with Crippen LogP contribution in [0.1, 0.15) is 32.4 Å². The third-order valence-corrected chi connectivity index (χ3v) is 4.23. The number of morpholine rings is 1. The number of nitrogens with zero attached hydrogens (tertiary/aromatic N) is 1. The van der Waals surface area contributed by atoms with Crippen molar-refractivity contribution < 1.29 is 14.2 Å². The van der Waals surface area contributed by atoms with Gasteiger partial charge >= 0.3 is 0 Å². The standard InChI is InChI=1S/C17H27FN2O2/c1-12(2)17(21)11-19-13(3)14-4-5-16(15(18)10-14)20-6-8-22-9-7-20/h4-5,10,12-13,17,19,21H,6-9,11H2,1-3H3. The summed E-state index contributed by atoms with van der Waals surface area (Å²) in [6, 6.07) is 5.38. The van der Waals surface area contributed by atoms with Gasteiger partial charge in [-0.25, -0.2) is 4.39 Å². The first-order valence-electron chi connectivity index (χ1n) is 8.02. The normalized spacial score (nSPS) is 18.5. The number of halogens is 1. The topological polar surface area (TPSA) is 44.7 Å². The fourth-order valence-corrected chi connectivity index (χ4v) is 2.50. The molecule has 0 aliphatic carbocycles. The van der Waals surface area contributed by atoms with Crippen LogP contribution in [-0.2, 0) is 4.74 Å². The van der Waals surface area contributed by atoms with Gasteiger partial charge in [-0.2, -0.15) is 0 Å². The van der Waals surface area contributed by atoms with Crippen LogP contribution < -0.4 is 10.2 Å². The summed E-state index contributed by atoms with van der Waals surface area (Å²) in [4.78, 5) is 2.02. The Morgan fingerprint density at radius 2 is 1.95 bits per heavy atom. The van der Waals surface area contributed by atoms with Gasteiger partial charge in [0.15, 0.2) is 0 Å².